The first-order chi connectivity index (χ1) is 20.3. The van der Waals surface area contributed by atoms with Crippen LogP contribution in [-0.4, -0.2) is 15.9 Å². The molecule has 0 N–H and O–H groups in total. The third-order valence-electron chi connectivity index (χ3n) is 8.79. The van der Waals surface area contributed by atoms with Gasteiger partial charge >= 0.3 is 6.85 Å². The van der Waals surface area contributed by atoms with Crippen molar-refractivity contribution in [3.63, 3.8) is 0 Å². The van der Waals surface area contributed by atoms with Crippen molar-refractivity contribution in [2.24, 2.45) is 0 Å². The van der Waals surface area contributed by atoms with Crippen LogP contribution in [0, 0.1) is 11.3 Å². The molecule has 0 spiro atoms. The van der Waals surface area contributed by atoms with Crippen molar-refractivity contribution in [3.8, 4) is 22.9 Å². The molecular formula is C37H22BN3. The lowest BCUT2D eigenvalue weighted by atomic mass is 9.48. The number of nitriles is 1. The summed E-state index contributed by atoms with van der Waals surface area (Å²) in [4.78, 5) is 0. The molecule has 8 aromatic rings. The third kappa shape index (κ3) is 2.93. The van der Waals surface area contributed by atoms with Crippen LogP contribution in [0.25, 0.3) is 60.4 Å². The summed E-state index contributed by atoms with van der Waals surface area (Å²) < 4.78 is 4.95. The first kappa shape index (κ1) is 22.3. The fourth-order valence-corrected chi connectivity index (χ4v) is 7.17. The number of benzene rings is 6. The van der Waals surface area contributed by atoms with Crippen LogP contribution in [-0.2, 0) is 0 Å². The molecule has 1 aliphatic rings. The fraction of sp³-hybridized carbons (Fsp3) is 0. The molecule has 0 unspecified atom stereocenters. The zero-order valence-corrected chi connectivity index (χ0v) is 22.1. The van der Waals surface area contributed by atoms with Crippen LogP contribution in [0.3, 0.4) is 0 Å². The summed E-state index contributed by atoms with van der Waals surface area (Å²) in [7, 11) is 0. The van der Waals surface area contributed by atoms with Gasteiger partial charge < -0.3 is 9.05 Å². The molecule has 0 saturated carbocycles. The molecule has 9 rings (SSSR count). The van der Waals surface area contributed by atoms with Gasteiger partial charge in [-0.05, 0) is 40.8 Å². The Morgan fingerprint density at radius 2 is 1.22 bits per heavy atom. The predicted octanol–water partition coefficient (Wildman–Crippen LogP) is 7.40. The Labute approximate surface area is 237 Å². The summed E-state index contributed by atoms with van der Waals surface area (Å²) in [5, 5.41) is 14.6. The van der Waals surface area contributed by atoms with E-state index in [1.54, 1.807) is 0 Å². The van der Waals surface area contributed by atoms with E-state index in [1.807, 2.05) is 12.1 Å². The van der Waals surface area contributed by atoms with Gasteiger partial charge in [-0.2, -0.15) is 5.26 Å². The van der Waals surface area contributed by atoms with Gasteiger partial charge in [0.2, 0.25) is 0 Å². The minimum Gasteiger partial charge on any atom is -0.375 e. The quantitative estimate of drug-likeness (QED) is 0.219. The zero-order chi connectivity index (χ0) is 27.1. The third-order valence-corrected chi connectivity index (χ3v) is 8.79. The number of rotatable bonds is 2. The highest BCUT2D eigenvalue weighted by Gasteiger charge is 2.36. The Kier molecular flexibility index (Phi) is 4.48. The molecule has 188 valence electrons. The SMILES string of the molecule is N#Cc1ccc2c3cccc4c3n(c2c1)-c1ccccc1B4n1c2ccccc2c2cccc(-c3ccccc3)c21. The van der Waals surface area contributed by atoms with E-state index in [0.29, 0.717) is 5.56 Å². The van der Waals surface area contributed by atoms with E-state index in [1.165, 1.54) is 60.1 Å². The molecule has 0 aliphatic carbocycles. The first-order valence-corrected chi connectivity index (χ1v) is 14.0. The Bertz CT molecular complexity index is 2390. The van der Waals surface area contributed by atoms with Crippen molar-refractivity contribution < 1.29 is 0 Å². The Morgan fingerprint density at radius 1 is 0.537 bits per heavy atom. The van der Waals surface area contributed by atoms with Gasteiger partial charge in [-0.3, -0.25) is 0 Å². The van der Waals surface area contributed by atoms with Crippen LogP contribution in [0.5, 0.6) is 0 Å². The molecule has 41 heavy (non-hydrogen) atoms. The molecule has 4 heteroatoms. The second-order valence-corrected chi connectivity index (χ2v) is 10.8. The van der Waals surface area contributed by atoms with Gasteiger partial charge in [-0.15, -0.1) is 0 Å². The van der Waals surface area contributed by atoms with Gasteiger partial charge in [0.05, 0.1) is 22.7 Å². The smallest absolute Gasteiger partial charge is 0.332 e. The van der Waals surface area contributed by atoms with Crippen LogP contribution >= 0.6 is 0 Å². The lowest BCUT2D eigenvalue weighted by Crippen LogP contribution is -2.53. The number of aromatic nitrogens is 2. The van der Waals surface area contributed by atoms with Crippen molar-refractivity contribution in [2.75, 3.05) is 0 Å². The summed E-state index contributed by atoms with van der Waals surface area (Å²) in [6.45, 7) is -0.0330. The van der Waals surface area contributed by atoms with Crippen molar-refractivity contribution in [3.05, 3.63) is 139 Å². The molecule has 2 aromatic heterocycles. The Morgan fingerprint density at radius 3 is 2.10 bits per heavy atom. The van der Waals surface area contributed by atoms with Gasteiger partial charge in [0.1, 0.15) is 0 Å². The van der Waals surface area contributed by atoms with Gasteiger partial charge in [0.15, 0.2) is 0 Å². The van der Waals surface area contributed by atoms with Crippen LogP contribution in [0.1, 0.15) is 5.56 Å². The van der Waals surface area contributed by atoms with Crippen molar-refractivity contribution in [1.82, 2.24) is 9.05 Å². The monoisotopic (exact) mass is 519 g/mol. The predicted molar refractivity (Wildman–Crippen MR) is 171 cm³/mol. The molecule has 0 bridgehead atoms. The molecule has 1 aliphatic heterocycles. The fourth-order valence-electron chi connectivity index (χ4n) is 7.17. The molecule has 3 heterocycles. The summed E-state index contributed by atoms with van der Waals surface area (Å²) in [6.07, 6.45) is 0. The highest BCUT2D eigenvalue weighted by atomic mass is 15.0. The van der Waals surface area contributed by atoms with E-state index in [4.69, 9.17) is 0 Å². The molecule has 0 radical (unpaired) electrons. The van der Waals surface area contributed by atoms with E-state index in [2.05, 4.69) is 136 Å². The lowest BCUT2D eigenvalue weighted by molar-refractivity contribution is 1.18. The Balaban J connectivity index is 1.49. The van der Waals surface area contributed by atoms with E-state index in [9.17, 15) is 5.26 Å². The summed E-state index contributed by atoms with van der Waals surface area (Å²) >= 11 is 0. The first-order valence-electron chi connectivity index (χ1n) is 14.0. The zero-order valence-electron chi connectivity index (χ0n) is 22.1. The van der Waals surface area contributed by atoms with E-state index in [-0.39, 0.29) is 6.85 Å². The number of hydrogen-bond donors (Lipinski definition) is 0. The molecule has 0 atom stereocenters. The largest absolute Gasteiger partial charge is 0.375 e. The number of nitrogens with zero attached hydrogens (tertiary/aromatic N) is 3. The number of para-hydroxylation sites is 4. The highest BCUT2D eigenvalue weighted by Crippen LogP contribution is 2.39. The molecular weight excluding hydrogens is 497 g/mol. The average molecular weight is 519 g/mol. The number of hydrogen-bond acceptors (Lipinski definition) is 1. The maximum absolute atomic E-state index is 9.72. The standard InChI is InChI=1S/C37H22BN3/c39-23-24-20-21-28-30-15-9-17-32-37(30)40(35(28)22-24)34-19-7-5-16-31(34)38(32)41-33-18-6-4-12-27(33)29-14-8-13-26(36(29)41)25-10-2-1-3-11-25/h1-22H. The topological polar surface area (TPSA) is 33.6 Å². The van der Waals surface area contributed by atoms with E-state index >= 15 is 0 Å². The Hall–Kier alpha value is -5.53. The molecule has 0 amide bonds. The van der Waals surface area contributed by atoms with Crippen LogP contribution in [0.4, 0.5) is 0 Å². The van der Waals surface area contributed by atoms with Crippen molar-refractivity contribution in [1.29, 1.82) is 5.26 Å². The normalized spacial score (nSPS) is 12.3. The lowest BCUT2D eigenvalue weighted by Gasteiger charge is -2.28. The van der Waals surface area contributed by atoms with Crippen LogP contribution in [0.15, 0.2) is 133 Å². The van der Waals surface area contributed by atoms with Crippen molar-refractivity contribution >= 4 is 61.4 Å². The minimum absolute atomic E-state index is 0.0330. The van der Waals surface area contributed by atoms with Gasteiger partial charge in [0.25, 0.3) is 0 Å². The number of fused-ring (bicyclic) bond motifs is 8. The molecule has 6 aromatic carbocycles. The van der Waals surface area contributed by atoms with Gasteiger partial charge in [0, 0.05) is 43.8 Å². The molecule has 3 nitrogen and oxygen atoms in total. The van der Waals surface area contributed by atoms with Crippen LogP contribution < -0.4 is 10.9 Å². The second-order valence-electron chi connectivity index (χ2n) is 10.8. The summed E-state index contributed by atoms with van der Waals surface area (Å²) in [6, 6.07) is 50.1. The minimum atomic E-state index is -0.0330. The maximum Gasteiger partial charge on any atom is 0.332 e. The van der Waals surface area contributed by atoms with E-state index in [0.717, 1.165) is 11.2 Å². The van der Waals surface area contributed by atoms with Gasteiger partial charge in [-0.1, -0.05) is 109 Å². The van der Waals surface area contributed by atoms with Gasteiger partial charge in [-0.25, -0.2) is 0 Å². The van der Waals surface area contributed by atoms with Crippen LogP contribution in [0.2, 0.25) is 0 Å². The summed E-state index contributed by atoms with van der Waals surface area (Å²) in [5.74, 6) is 0. The summed E-state index contributed by atoms with van der Waals surface area (Å²) in [5.41, 5.74) is 11.5. The second kappa shape index (κ2) is 8.24. The molecule has 0 saturated heterocycles. The molecule has 0 fully saturated rings. The highest BCUT2D eigenvalue weighted by molar-refractivity contribution is 6.88. The van der Waals surface area contributed by atoms with Crippen molar-refractivity contribution in [2.45, 2.75) is 0 Å². The average Bonchev–Trinajstić information content (AvgIpc) is 3.55. The maximum atomic E-state index is 9.72. The van der Waals surface area contributed by atoms with E-state index < -0.39 is 0 Å².